The quantitative estimate of drug-likeness (QED) is 0.684. The van der Waals surface area contributed by atoms with Crippen LogP contribution in [0.1, 0.15) is 26.3 Å². The van der Waals surface area contributed by atoms with Crippen molar-refractivity contribution in [2.45, 2.75) is 31.2 Å². The van der Waals surface area contributed by atoms with Crippen LogP contribution in [0.15, 0.2) is 29.2 Å². The van der Waals surface area contributed by atoms with Crippen LogP contribution in [0.25, 0.3) is 0 Å². The lowest BCUT2D eigenvalue weighted by Gasteiger charge is -2.20. The number of thiocarbonyl (C=S) groups is 1. The predicted molar refractivity (Wildman–Crippen MR) is 85.4 cm³/mol. The Morgan fingerprint density at radius 1 is 1.33 bits per heavy atom. The largest absolute Gasteiger partial charge is 0.389 e. The van der Waals surface area contributed by atoms with Crippen molar-refractivity contribution in [1.82, 2.24) is 10.0 Å². The number of carbonyl (C=O) groups excluding carboxylic acids is 1. The Kier molecular flexibility index (Phi) is 5.43. The summed E-state index contributed by atoms with van der Waals surface area (Å²) in [6.07, 6.45) is 0. The number of benzene rings is 1. The Morgan fingerprint density at radius 3 is 2.48 bits per heavy atom. The second kappa shape index (κ2) is 6.50. The molecule has 1 amide bonds. The molecule has 0 radical (unpaired) electrons. The first-order valence-corrected chi connectivity index (χ1v) is 8.11. The maximum Gasteiger partial charge on any atom is 0.241 e. The van der Waals surface area contributed by atoms with Crippen molar-refractivity contribution in [2.75, 3.05) is 6.54 Å². The third-order valence-corrected chi connectivity index (χ3v) is 4.00. The Hall–Kier alpha value is -1.51. The van der Waals surface area contributed by atoms with Gasteiger partial charge in [-0.05, 0) is 32.9 Å². The van der Waals surface area contributed by atoms with Gasteiger partial charge in [-0.2, -0.15) is 0 Å². The molecule has 1 aromatic rings. The minimum absolute atomic E-state index is 0.0105. The van der Waals surface area contributed by atoms with Crippen LogP contribution in [0, 0.1) is 0 Å². The summed E-state index contributed by atoms with van der Waals surface area (Å²) >= 11 is 4.81. The Labute approximate surface area is 130 Å². The number of nitrogens with two attached hydrogens (primary N) is 1. The van der Waals surface area contributed by atoms with Crippen LogP contribution in [-0.4, -0.2) is 31.4 Å². The van der Waals surface area contributed by atoms with Crippen LogP contribution >= 0.6 is 12.2 Å². The van der Waals surface area contributed by atoms with Gasteiger partial charge in [0, 0.05) is 11.1 Å². The van der Waals surface area contributed by atoms with Crippen molar-refractivity contribution in [2.24, 2.45) is 5.73 Å². The smallest absolute Gasteiger partial charge is 0.241 e. The molecule has 0 heterocycles. The number of hydrogen-bond donors (Lipinski definition) is 3. The predicted octanol–water partition coefficient (Wildman–Crippen LogP) is 0.514. The maximum absolute atomic E-state index is 12.1. The molecule has 8 heteroatoms. The highest BCUT2D eigenvalue weighted by molar-refractivity contribution is 7.89. The average Bonchev–Trinajstić information content (AvgIpc) is 2.35. The van der Waals surface area contributed by atoms with Crippen LogP contribution < -0.4 is 15.8 Å². The van der Waals surface area contributed by atoms with E-state index in [0.717, 1.165) is 0 Å². The number of rotatable bonds is 5. The van der Waals surface area contributed by atoms with Gasteiger partial charge >= 0.3 is 0 Å². The average molecular weight is 329 g/mol. The Morgan fingerprint density at radius 2 is 1.95 bits per heavy atom. The standard InChI is InChI=1S/C13H19N3O3S2/c1-13(2,3)16-11(17)8-15-21(18,19)10-6-4-5-9(7-10)12(14)20/h4-7,15H,8H2,1-3H3,(H2,14,20)(H,16,17). The van der Waals surface area contributed by atoms with E-state index < -0.39 is 21.5 Å². The van der Waals surface area contributed by atoms with Gasteiger partial charge in [0.2, 0.25) is 15.9 Å². The molecule has 6 nitrogen and oxygen atoms in total. The van der Waals surface area contributed by atoms with Gasteiger partial charge in [-0.3, -0.25) is 4.79 Å². The van der Waals surface area contributed by atoms with Crippen LogP contribution in [-0.2, 0) is 14.8 Å². The molecule has 0 saturated carbocycles. The zero-order chi connectivity index (χ0) is 16.3. The number of sulfonamides is 1. The van der Waals surface area contributed by atoms with E-state index in [2.05, 4.69) is 10.0 Å². The Balaban J connectivity index is 2.81. The van der Waals surface area contributed by atoms with Crippen LogP contribution in [0.5, 0.6) is 0 Å². The van der Waals surface area contributed by atoms with Gasteiger partial charge in [-0.25, -0.2) is 13.1 Å². The second-order valence-corrected chi connectivity index (χ2v) is 7.72. The third kappa shape index (κ3) is 5.78. The summed E-state index contributed by atoms with van der Waals surface area (Å²) in [6, 6.07) is 5.93. The van der Waals surface area contributed by atoms with Gasteiger partial charge in [0.1, 0.15) is 4.99 Å². The molecule has 0 fully saturated rings. The first kappa shape index (κ1) is 17.5. The third-order valence-electron chi connectivity index (χ3n) is 2.37. The zero-order valence-corrected chi connectivity index (χ0v) is 13.8. The van der Waals surface area contributed by atoms with Crippen molar-refractivity contribution < 1.29 is 13.2 Å². The highest BCUT2D eigenvalue weighted by Gasteiger charge is 2.18. The minimum atomic E-state index is -3.79. The van der Waals surface area contributed by atoms with Gasteiger partial charge in [-0.1, -0.05) is 24.4 Å². The molecule has 0 aromatic heterocycles. The van der Waals surface area contributed by atoms with Gasteiger partial charge in [-0.15, -0.1) is 0 Å². The fourth-order valence-electron chi connectivity index (χ4n) is 1.52. The van der Waals surface area contributed by atoms with E-state index in [-0.39, 0.29) is 16.4 Å². The molecule has 0 aliphatic rings. The summed E-state index contributed by atoms with van der Waals surface area (Å²) in [5, 5.41) is 2.67. The van der Waals surface area contributed by atoms with Gasteiger partial charge in [0.05, 0.1) is 11.4 Å². The van der Waals surface area contributed by atoms with Gasteiger partial charge in [0.25, 0.3) is 0 Å². The number of carbonyl (C=O) groups is 1. The number of nitrogens with one attached hydrogen (secondary N) is 2. The molecule has 0 spiro atoms. The maximum atomic E-state index is 12.1. The molecule has 1 rings (SSSR count). The molecule has 4 N–H and O–H groups in total. The fourth-order valence-corrected chi connectivity index (χ4v) is 2.68. The molecular weight excluding hydrogens is 310 g/mol. The van der Waals surface area contributed by atoms with Gasteiger partial charge < -0.3 is 11.1 Å². The lowest BCUT2D eigenvalue weighted by atomic mass is 10.1. The summed E-state index contributed by atoms with van der Waals surface area (Å²) in [5.74, 6) is -0.406. The summed E-state index contributed by atoms with van der Waals surface area (Å²) < 4.78 is 26.4. The monoisotopic (exact) mass is 329 g/mol. The lowest BCUT2D eigenvalue weighted by molar-refractivity contribution is -0.121. The Bertz CT molecular complexity index is 649. The first-order chi connectivity index (χ1) is 9.51. The number of hydrogen-bond acceptors (Lipinski definition) is 4. The summed E-state index contributed by atoms with van der Waals surface area (Å²) in [4.78, 5) is 11.8. The SMILES string of the molecule is CC(C)(C)NC(=O)CNS(=O)(=O)c1cccc(C(N)=S)c1. The molecule has 0 saturated heterocycles. The van der Waals surface area contributed by atoms with E-state index in [4.69, 9.17) is 18.0 Å². The molecule has 116 valence electrons. The van der Waals surface area contributed by atoms with Crippen molar-refractivity contribution in [3.63, 3.8) is 0 Å². The van der Waals surface area contributed by atoms with E-state index >= 15 is 0 Å². The van der Waals surface area contributed by atoms with Crippen molar-refractivity contribution >= 4 is 33.1 Å². The normalized spacial score (nSPS) is 12.0. The molecule has 21 heavy (non-hydrogen) atoms. The molecule has 0 unspecified atom stereocenters. The first-order valence-electron chi connectivity index (χ1n) is 6.22. The fraction of sp³-hybridized carbons (Fsp3) is 0.385. The van der Waals surface area contributed by atoms with Crippen LogP contribution in [0.2, 0.25) is 0 Å². The zero-order valence-electron chi connectivity index (χ0n) is 12.1. The summed E-state index contributed by atoms with van der Waals surface area (Å²) in [5.41, 5.74) is 5.50. The highest BCUT2D eigenvalue weighted by Crippen LogP contribution is 2.11. The molecule has 1 aromatic carbocycles. The van der Waals surface area contributed by atoms with Crippen molar-refractivity contribution in [1.29, 1.82) is 0 Å². The molecule has 0 atom stereocenters. The lowest BCUT2D eigenvalue weighted by Crippen LogP contribution is -2.45. The van der Waals surface area contributed by atoms with Crippen LogP contribution in [0.4, 0.5) is 0 Å². The number of amides is 1. The highest BCUT2D eigenvalue weighted by atomic mass is 32.2. The van der Waals surface area contributed by atoms with E-state index in [1.54, 1.807) is 6.07 Å². The topological polar surface area (TPSA) is 101 Å². The summed E-state index contributed by atoms with van der Waals surface area (Å²) in [6.45, 7) is 5.10. The van der Waals surface area contributed by atoms with Crippen LogP contribution in [0.3, 0.4) is 0 Å². The van der Waals surface area contributed by atoms with E-state index in [0.29, 0.717) is 5.56 Å². The molecule has 0 aliphatic heterocycles. The molecule has 0 aliphatic carbocycles. The molecular formula is C13H19N3O3S2. The van der Waals surface area contributed by atoms with E-state index in [9.17, 15) is 13.2 Å². The second-order valence-electron chi connectivity index (χ2n) is 5.51. The van der Waals surface area contributed by atoms with E-state index in [1.807, 2.05) is 20.8 Å². The summed E-state index contributed by atoms with van der Waals surface area (Å²) in [7, 11) is -3.79. The van der Waals surface area contributed by atoms with Crippen molar-refractivity contribution in [3.05, 3.63) is 29.8 Å². The molecule has 0 bridgehead atoms. The van der Waals surface area contributed by atoms with Crippen molar-refractivity contribution in [3.8, 4) is 0 Å². The minimum Gasteiger partial charge on any atom is -0.389 e. The van der Waals surface area contributed by atoms with E-state index in [1.165, 1.54) is 18.2 Å². The van der Waals surface area contributed by atoms with Gasteiger partial charge in [0.15, 0.2) is 0 Å².